The van der Waals surface area contributed by atoms with Gasteiger partial charge in [-0.05, 0) is 74.8 Å². The van der Waals surface area contributed by atoms with E-state index < -0.39 is 0 Å². The van der Waals surface area contributed by atoms with E-state index in [1.165, 1.54) is 43.6 Å². The summed E-state index contributed by atoms with van der Waals surface area (Å²) in [5.41, 5.74) is 5.76. The molecule has 0 unspecified atom stereocenters. The summed E-state index contributed by atoms with van der Waals surface area (Å²) in [6.45, 7) is 6.86. The highest BCUT2D eigenvalue weighted by Gasteiger charge is 2.11. The maximum atomic E-state index is 4.72. The number of aromatic nitrogens is 2. The molecule has 2 heterocycles. The number of nitrogens with zero attached hydrogens (tertiary/aromatic N) is 3. The molecule has 0 radical (unpaired) electrons. The number of aromatic amines is 1. The second-order valence-electron chi connectivity index (χ2n) is 7.48. The summed E-state index contributed by atoms with van der Waals surface area (Å²) in [5, 5.41) is 0. The van der Waals surface area contributed by atoms with E-state index in [4.69, 9.17) is 4.98 Å². The van der Waals surface area contributed by atoms with E-state index in [1.54, 1.807) is 0 Å². The summed E-state index contributed by atoms with van der Waals surface area (Å²) in [4.78, 5) is 13.1. The van der Waals surface area contributed by atoms with Gasteiger partial charge in [0.05, 0.1) is 11.0 Å². The second kappa shape index (κ2) is 7.50. The molecular formula is C22H28N4. The summed E-state index contributed by atoms with van der Waals surface area (Å²) in [6, 6.07) is 15.1. The molecule has 0 amide bonds. The number of hydrogen-bond acceptors (Lipinski definition) is 3. The van der Waals surface area contributed by atoms with Crippen LogP contribution in [0.4, 0.5) is 5.69 Å². The number of hydrogen-bond donors (Lipinski definition) is 1. The van der Waals surface area contributed by atoms with Gasteiger partial charge >= 0.3 is 0 Å². The molecule has 0 saturated carbocycles. The summed E-state index contributed by atoms with van der Waals surface area (Å²) in [5.74, 6) is 0.938. The summed E-state index contributed by atoms with van der Waals surface area (Å²) < 4.78 is 0. The minimum atomic E-state index is 0.938. The molecular weight excluding hydrogens is 320 g/mol. The van der Waals surface area contributed by atoms with E-state index in [2.05, 4.69) is 71.2 Å². The predicted octanol–water partition coefficient (Wildman–Crippen LogP) is 4.46. The average Bonchev–Trinajstić information content (AvgIpc) is 3.10. The maximum absolute atomic E-state index is 4.72. The summed E-state index contributed by atoms with van der Waals surface area (Å²) in [6.07, 6.45) is 4.11. The van der Waals surface area contributed by atoms with Gasteiger partial charge in [-0.3, -0.25) is 0 Å². The zero-order valence-electron chi connectivity index (χ0n) is 15.8. The Bertz CT molecular complexity index is 859. The molecule has 1 N–H and O–H groups in total. The topological polar surface area (TPSA) is 35.2 Å². The first-order valence-corrected chi connectivity index (χ1v) is 9.69. The van der Waals surface area contributed by atoms with Crippen molar-refractivity contribution in [1.82, 2.24) is 14.9 Å². The third-order valence-electron chi connectivity index (χ3n) is 5.42. The number of H-pyrrole nitrogens is 1. The molecule has 0 spiro atoms. The predicted molar refractivity (Wildman–Crippen MR) is 110 cm³/mol. The molecule has 0 atom stereocenters. The van der Waals surface area contributed by atoms with E-state index in [1.807, 2.05) is 0 Å². The second-order valence-corrected chi connectivity index (χ2v) is 7.48. The molecule has 1 saturated heterocycles. The molecule has 3 aromatic rings. The lowest BCUT2D eigenvalue weighted by Gasteiger charge is -2.29. The Morgan fingerprint density at radius 3 is 2.58 bits per heavy atom. The van der Waals surface area contributed by atoms with Crippen molar-refractivity contribution < 1.29 is 0 Å². The van der Waals surface area contributed by atoms with Crippen LogP contribution < -0.4 is 4.90 Å². The van der Waals surface area contributed by atoms with Crippen molar-refractivity contribution in [1.29, 1.82) is 0 Å². The number of likely N-dealkylation sites (N-methyl/N-ethyl adjacent to an activating group) is 1. The van der Waals surface area contributed by atoms with Gasteiger partial charge in [0.1, 0.15) is 5.82 Å². The lowest BCUT2D eigenvalue weighted by Crippen LogP contribution is -2.36. The molecule has 0 aliphatic carbocycles. The Morgan fingerprint density at radius 2 is 1.81 bits per heavy atom. The number of fused-ring (bicyclic) bond motifs is 1. The highest BCUT2D eigenvalue weighted by Crippen LogP contribution is 2.24. The molecule has 4 nitrogen and oxygen atoms in total. The molecule has 1 aliphatic heterocycles. The van der Waals surface area contributed by atoms with Crippen molar-refractivity contribution in [3.05, 3.63) is 48.0 Å². The molecule has 136 valence electrons. The number of piperidine rings is 1. The van der Waals surface area contributed by atoms with E-state index in [0.29, 0.717) is 0 Å². The van der Waals surface area contributed by atoms with E-state index in [0.717, 1.165) is 35.5 Å². The zero-order valence-corrected chi connectivity index (χ0v) is 15.8. The molecule has 1 aromatic heterocycles. The number of imidazole rings is 1. The quantitative estimate of drug-likeness (QED) is 0.739. The number of rotatable bonds is 5. The van der Waals surface area contributed by atoms with Gasteiger partial charge in [0.2, 0.25) is 0 Å². The fourth-order valence-electron chi connectivity index (χ4n) is 3.74. The van der Waals surface area contributed by atoms with E-state index >= 15 is 0 Å². The van der Waals surface area contributed by atoms with Crippen LogP contribution in [-0.2, 0) is 0 Å². The van der Waals surface area contributed by atoms with Crippen LogP contribution in [0.1, 0.15) is 24.8 Å². The van der Waals surface area contributed by atoms with Gasteiger partial charge in [-0.15, -0.1) is 0 Å². The molecule has 26 heavy (non-hydrogen) atoms. The molecule has 1 fully saturated rings. The van der Waals surface area contributed by atoms with Crippen molar-refractivity contribution in [2.24, 2.45) is 0 Å². The van der Waals surface area contributed by atoms with Crippen molar-refractivity contribution in [2.75, 3.05) is 38.1 Å². The molecule has 4 heteroatoms. The Balaban J connectivity index is 1.43. The van der Waals surface area contributed by atoms with Gasteiger partial charge in [0.25, 0.3) is 0 Å². The molecule has 1 aliphatic rings. The number of nitrogens with one attached hydrogen (secondary N) is 1. The van der Waals surface area contributed by atoms with E-state index in [9.17, 15) is 0 Å². The van der Waals surface area contributed by atoms with Crippen molar-refractivity contribution in [3.63, 3.8) is 0 Å². The average molecular weight is 348 g/mol. The SMILES string of the molecule is Cc1ccc2nc(-c3ccc(N(C)CCN4CCCCC4)cc3)[nH]c2c1. The van der Waals surface area contributed by atoms with Crippen LogP contribution in [0, 0.1) is 6.92 Å². The number of aryl methyl sites for hydroxylation is 1. The van der Waals surface area contributed by atoms with Gasteiger partial charge in [-0.1, -0.05) is 12.5 Å². The van der Waals surface area contributed by atoms with Gasteiger partial charge in [0, 0.05) is 31.4 Å². The highest BCUT2D eigenvalue weighted by atomic mass is 15.2. The van der Waals surface area contributed by atoms with Crippen molar-refractivity contribution >= 4 is 16.7 Å². The molecule has 4 rings (SSSR count). The first-order valence-electron chi connectivity index (χ1n) is 9.69. The minimum Gasteiger partial charge on any atom is -0.373 e. The fourth-order valence-corrected chi connectivity index (χ4v) is 3.74. The van der Waals surface area contributed by atoms with Crippen LogP contribution in [0.25, 0.3) is 22.4 Å². The Labute approximate surface area is 155 Å². The lowest BCUT2D eigenvalue weighted by atomic mass is 10.1. The van der Waals surface area contributed by atoms with Crippen molar-refractivity contribution in [3.8, 4) is 11.4 Å². The third kappa shape index (κ3) is 3.75. The zero-order chi connectivity index (χ0) is 17.9. The van der Waals surface area contributed by atoms with Gasteiger partial charge < -0.3 is 14.8 Å². The van der Waals surface area contributed by atoms with Crippen LogP contribution in [-0.4, -0.2) is 48.1 Å². The normalized spacial score (nSPS) is 15.5. The molecule has 2 aromatic carbocycles. The first-order chi connectivity index (χ1) is 12.7. The van der Waals surface area contributed by atoms with Crippen LogP contribution in [0.15, 0.2) is 42.5 Å². The van der Waals surface area contributed by atoms with Crippen LogP contribution >= 0.6 is 0 Å². The van der Waals surface area contributed by atoms with Crippen LogP contribution in [0.2, 0.25) is 0 Å². The summed E-state index contributed by atoms with van der Waals surface area (Å²) in [7, 11) is 2.18. The number of anilines is 1. The Morgan fingerprint density at radius 1 is 1.04 bits per heavy atom. The standard InChI is InChI=1S/C22H28N4/c1-17-6-11-20-21(16-17)24-22(23-20)18-7-9-19(10-8-18)25(2)14-15-26-12-4-3-5-13-26/h6-11,16H,3-5,12-15H2,1-2H3,(H,23,24). The maximum Gasteiger partial charge on any atom is 0.138 e. The monoisotopic (exact) mass is 348 g/mol. The van der Waals surface area contributed by atoms with Crippen LogP contribution in [0.5, 0.6) is 0 Å². The smallest absolute Gasteiger partial charge is 0.138 e. The molecule has 0 bridgehead atoms. The Kier molecular flexibility index (Phi) is 4.93. The first kappa shape index (κ1) is 17.1. The lowest BCUT2D eigenvalue weighted by molar-refractivity contribution is 0.234. The highest BCUT2D eigenvalue weighted by molar-refractivity contribution is 5.80. The minimum absolute atomic E-state index is 0.938. The number of likely N-dealkylation sites (tertiary alicyclic amines) is 1. The van der Waals surface area contributed by atoms with E-state index in [-0.39, 0.29) is 0 Å². The van der Waals surface area contributed by atoms with Gasteiger partial charge in [-0.2, -0.15) is 0 Å². The largest absolute Gasteiger partial charge is 0.373 e. The van der Waals surface area contributed by atoms with Gasteiger partial charge in [0.15, 0.2) is 0 Å². The third-order valence-corrected chi connectivity index (χ3v) is 5.42. The summed E-state index contributed by atoms with van der Waals surface area (Å²) >= 11 is 0. The van der Waals surface area contributed by atoms with Gasteiger partial charge in [-0.25, -0.2) is 4.98 Å². The Hall–Kier alpha value is -2.33. The number of benzene rings is 2. The fraction of sp³-hybridized carbons (Fsp3) is 0.409. The van der Waals surface area contributed by atoms with Crippen LogP contribution in [0.3, 0.4) is 0 Å². The van der Waals surface area contributed by atoms with Crippen molar-refractivity contribution in [2.45, 2.75) is 26.2 Å².